The number of para-hydroxylation sites is 1. The van der Waals surface area contributed by atoms with Crippen LogP contribution in [0.25, 0.3) is 22.2 Å². The Hall–Kier alpha value is -3.54. The second kappa shape index (κ2) is 7.37. The number of benzene rings is 2. The van der Waals surface area contributed by atoms with Crippen LogP contribution < -0.4 is 14.2 Å². The minimum Gasteiger partial charge on any atom is -0.493 e. The number of imidazole rings is 1. The Balaban J connectivity index is 1.59. The van der Waals surface area contributed by atoms with Crippen LogP contribution in [0.5, 0.6) is 17.2 Å². The Morgan fingerprint density at radius 1 is 0.889 bits per heavy atom. The smallest absolute Gasteiger partial charge is 0.203 e. The average Bonchev–Trinajstić information content (AvgIpc) is 3.14. The van der Waals surface area contributed by atoms with Crippen molar-refractivity contribution in [3.63, 3.8) is 0 Å². The van der Waals surface area contributed by atoms with E-state index in [1.165, 1.54) is 0 Å². The van der Waals surface area contributed by atoms with Crippen LogP contribution >= 0.6 is 0 Å². The molecule has 4 rings (SSSR count). The number of aromatic amines is 1. The summed E-state index contributed by atoms with van der Waals surface area (Å²) in [5.41, 5.74) is 4.05. The van der Waals surface area contributed by atoms with Gasteiger partial charge in [-0.05, 0) is 47.5 Å². The number of rotatable bonds is 6. The van der Waals surface area contributed by atoms with E-state index in [0.29, 0.717) is 17.2 Å². The molecule has 0 aliphatic heterocycles. The lowest BCUT2D eigenvalue weighted by Gasteiger charge is -2.13. The minimum atomic E-state index is 0.274. The lowest BCUT2D eigenvalue weighted by molar-refractivity contribution is 0.260. The molecule has 2 aromatic heterocycles. The van der Waals surface area contributed by atoms with Crippen LogP contribution in [0.2, 0.25) is 0 Å². The molecule has 6 nitrogen and oxygen atoms in total. The lowest BCUT2D eigenvalue weighted by atomic mass is 10.1. The van der Waals surface area contributed by atoms with Crippen molar-refractivity contribution in [3.05, 3.63) is 66.7 Å². The molecular formula is C21H19N3O3. The SMILES string of the molecule is COc1cccc(OC)c1OCc1nc2ccc(-c3ccncc3)cc2[nH]1. The fourth-order valence-electron chi connectivity index (χ4n) is 2.95. The molecule has 1 N–H and O–H groups in total. The summed E-state index contributed by atoms with van der Waals surface area (Å²) in [7, 11) is 3.20. The fraction of sp³-hybridized carbons (Fsp3) is 0.143. The van der Waals surface area contributed by atoms with Crippen LogP contribution in [0.4, 0.5) is 0 Å². The van der Waals surface area contributed by atoms with Gasteiger partial charge in [0.25, 0.3) is 0 Å². The standard InChI is InChI=1S/C21H19N3O3/c1-25-18-4-3-5-19(26-2)21(18)27-13-20-23-16-7-6-15(12-17(16)24-20)14-8-10-22-11-9-14/h3-12H,13H2,1-2H3,(H,23,24). The van der Waals surface area contributed by atoms with Crippen molar-refractivity contribution in [2.45, 2.75) is 6.61 Å². The maximum Gasteiger partial charge on any atom is 0.203 e. The van der Waals surface area contributed by atoms with E-state index in [9.17, 15) is 0 Å². The summed E-state index contributed by atoms with van der Waals surface area (Å²) in [5.74, 6) is 2.51. The highest BCUT2D eigenvalue weighted by Crippen LogP contribution is 2.37. The highest BCUT2D eigenvalue weighted by Gasteiger charge is 2.13. The van der Waals surface area contributed by atoms with E-state index < -0.39 is 0 Å². The van der Waals surface area contributed by atoms with Crippen LogP contribution in [0, 0.1) is 0 Å². The summed E-state index contributed by atoms with van der Waals surface area (Å²) in [5, 5.41) is 0. The topological polar surface area (TPSA) is 69.3 Å². The van der Waals surface area contributed by atoms with E-state index in [1.807, 2.05) is 42.5 Å². The number of methoxy groups -OCH3 is 2. The van der Waals surface area contributed by atoms with Gasteiger partial charge in [0.05, 0.1) is 25.3 Å². The van der Waals surface area contributed by atoms with Gasteiger partial charge in [0.2, 0.25) is 5.75 Å². The monoisotopic (exact) mass is 361 g/mol. The van der Waals surface area contributed by atoms with E-state index in [1.54, 1.807) is 26.6 Å². The van der Waals surface area contributed by atoms with Gasteiger partial charge in [-0.2, -0.15) is 0 Å². The largest absolute Gasteiger partial charge is 0.493 e. The Kier molecular flexibility index (Phi) is 4.61. The zero-order valence-corrected chi connectivity index (χ0v) is 15.1. The number of hydrogen-bond donors (Lipinski definition) is 1. The molecule has 4 aromatic rings. The van der Waals surface area contributed by atoms with Gasteiger partial charge in [-0.25, -0.2) is 4.98 Å². The van der Waals surface area contributed by atoms with E-state index in [-0.39, 0.29) is 6.61 Å². The highest BCUT2D eigenvalue weighted by molar-refractivity contribution is 5.81. The van der Waals surface area contributed by atoms with Crippen LogP contribution in [0.15, 0.2) is 60.9 Å². The number of pyridine rings is 1. The molecule has 2 heterocycles. The zero-order chi connectivity index (χ0) is 18.6. The van der Waals surface area contributed by atoms with Gasteiger partial charge in [0.15, 0.2) is 11.5 Å². The normalized spacial score (nSPS) is 10.7. The first-order valence-electron chi connectivity index (χ1n) is 8.51. The van der Waals surface area contributed by atoms with Gasteiger partial charge < -0.3 is 19.2 Å². The first-order valence-corrected chi connectivity index (χ1v) is 8.51. The van der Waals surface area contributed by atoms with Crippen LogP contribution in [-0.2, 0) is 6.61 Å². The molecule has 0 aliphatic rings. The van der Waals surface area contributed by atoms with Crippen LogP contribution in [0.3, 0.4) is 0 Å². The van der Waals surface area contributed by atoms with Crippen LogP contribution in [-0.4, -0.2) is 29.2 Å². The van der Waals surface area contributed by atoms with Crippen molar-refractivity contribution in [2.24, 2.45) is 0 Å². The second-order valence-electron chi connectivity index (χ2n) is 5.93. The maximum atomic E-state index is 5.93. The van der Waals surface area contributed by atoms with Crippen LogP contribution in [0.1, 0.15) is 5.82 Å². The summed E-state index contributed by atoms with van der Waals surface area (Å²) in [6.07, 6.45) is 3.57. The van der Waals surface area contributed by atoms with Crippen molar-refractivity contribution in [1.82, 2.24) is 15.0 Å². The third-order valence-corrected chi connectivity index (χ3v) is 4.28. The number of nitrogens with zero attached hydrogens (tertiary/aromatic N) is 2. The van der Waals surface area contributed by atoms with Gasteiger partial charge in [-0.3, -0.25) is 4.98 Å². The van der Waals surface area contributed by atoms with Gasteiger partial charge >= 0.3 is 0 Å². The molecule has 0 spiro atoms. The quantitative estimate of drug-likeness (QED) is 0.557. The molecule has 2 aromatic carbocycles. The predicted octanol–water partition coefficient (Wildman–Crippen LogP) is 4.22. The Labute approximate surface area is 156 Å². The second-order valence-corrected chi connectivity index (χ2v) is 5.93. The van der Waals surface area contributed by atoms with Crippen molar-refractivity contribution >= 4 is 11.0 Å². The van der Waals surface area contributed by atoms with E-state index >= 15 is 0 Å². The lowest BCUT2D eigenvalue weighted by Crippen LogP contribution is -2.01. The molecule has 0 aliphatic carbocycles. The van der Waals surface area contributed by atoms with Crippen molar-refractivity contribution < 1.29 is 14.2 Å². The van der Waals surface area contributed by atoms with Crippen molar-refractivity contribution in [2.75, 3.05) is 14.2 Å². The number of H-pyrrole nitrogens is 1. The third-order valence-electron chi connectivity index (χ3n) is 4.28. The molecule has 0 radical (unpaired) electrons. The fourth-order valence-corrected chi connectivity index (χ4v) is 2.95. The zero-order valence-electron chi connectivity index (χ0n) is 15.1. The molecule has 0 atom stereocenters. The van der Waals surface area contributed by atoms with Crippen molar-refractivity contribution in [3.8, 4) is 28.4 Å². The number of nitrogens with one attached hydrogen (secondary N) is 1. The molecule has 0 bridgehead atoms. The first-order chi connectivity index (χ1) is 13.3. The molecular weight excluding hydrogens is 342 g/mol. The van der Waals surface area contributed by atoms with E-state index in [0.717, 1.165) is 28.0 Å². The summed E-state index contributed by atoms with van der Waals surface area (Å²) in [4.78, 5) is 12.0. The number of ether oxygens (including phenoxy) is 3. The summed E-state index contributed by atoms with van der Waals surface area (Å²) >= 11 is 0. The summed E-state index contributed by atoms with van der Waals surface area (Å²) < 4.78 is 16.6. The van der Waals surface area contributed by atoms with E-state index in [4.69, 9.17) is 14.2 Å². The Morgan fingerprint density at radius 3 is 2.33 bits per heavy atom. The average molecular weight is 361 g/mol. The molecule has 0 saturated heterocycles. The van der Waals surface area contributed by atoms with E-state index in [2.05, 4.69) is 21.0 Å². The Morgan fingerprint density at radius 2 is 1.63 bits per heavy atom. The van der Waals surface area contributed by atoms with Gasteiger partial charge in [-0.15, -0.1) is 0 Å². The highest BCUT2D eigenvalue weighted by atomic mass is 16.5. The maximum absolute atomic E-state index is 5.93. The Bertz CT molecular complexity index is 1040. The van der Waals surface area contributed by atoms with Crippen molar-refractivity contribution in [1.29, 1.82) is 0 Å². The molecule has 27 heavy (non-hydrogen) atoms. The number of aromatic nitrogens is 3. The predicted molar refractivity (Wildman–Crippen MR) is 103 cm³/mol. The number of hydrogen-bond acceptors (Lipinski definition) is 5. The molecule has 6 heteroatoms. The number of fused-ring (bicyclic) bond motifs is 1. The summed E-state index contributed by atoms with van der Waals surface area (Å²) in [6, 6.07) is 15.6. The molecule has 0 saturated carbocycles. The first kappa shape index (κ1) is 16.9. The molecule has 0 amide bonds. The summed E-state index contributed by atoms with van der Waals surface area (Å²) in [6.45, 7) is 0.274. The third kappa shape index (κ3) is 3.42. The van der Waals surface area contributed by atoms with Gasteiger partial charge in [0.1, 0.15) is 12.4 Å². The molecule has 0 unspecified atom stereocenters. The molecule has 0 fully saturated rings. The minimum absolute atomic E-state index is 0.274. The van der Waals surface area contributed by atoms with Gasteiger partial charge in [0, 0.05) is 12.4 Å². The molecule has 136 valence electrons. The van der Waals surface area contributed by atoms with Gasteiger partial charge in [-0.1, -0.05) is 12.1 Å².